The van der Waals surface area contributed by atoms with Crippen LogP contribution in [0.25, 0.3) is 0 Å². The summed E-state index contributed by atoms with van der Waals surface area (Å²) in [5.74, 6) is 0.550. The van der Waals surface area contributed by atoms with Crippen LogP contribution >= 0.6 is 0 Å². The summed E-state index contributed by atoms with van der Waals surface area (Å²) >= 11 is 0. The van der Waals surface area contributed by atoms with Gasteiger partial charge in [-0.05, 0) is 44.4 Å². The summed E-state index contributed by atoms with van der Waals surface area (Å²) in [6.45, 7) is 4.32. The van der Waals surface area contributed by atoms with E-state index in [0.717, 1.165) is 11.6 Å². The molecule has 1 saturated carbocycles. The van der Waals surface area contributed by atoms with E-state index in [1.807, 2.05) is 6.07 Å². The summed E-state index contributed by atoms with van der Waals surface area (Å²) < 4.78 is 4.95. The number of nitrogens with two attached hydrogens (primary N) is 1. The Balaban J connectivity index is 1.99. The van der Waals surface area contributed by atoms with Gasteiger partial charge in [0.25, 0.3) is 0 Å². The zero-order valence-corrected chi connectivity index (χ0v) is 11.6. The van der Waals surface area contributed by atoms with Gasteiger partial charge in [-0.1, -0.05) is 12.8 Å². The summed E-state index contributed by atoms with van der Waals surface area (Å²) in [5, 5.41) is 3.40. The molecule has 0 aromatic heterocycles. The Hall–Kier alpha value is -1.71. The van der Waals surface area contributed by atoms with Crippen LogP contribution in [-0.2, 0) is 4.74 Å². The summed E-state index contributed by atoms with van der Waals surface area (Å²) in [6, 6.07) is 5.68. The molecule has 19 heavy (non-hydrogen) atoms. The monoisotopic (exact) mass is 262 g/mol. The molecule has 4 heteroatoms. The number of nitrogens with one attached hydrogen (secondary N) is 1. The van der Waals surface area contributed by atoms with Crippen LogP contribution in [0, 0.1) is 5.92 Å². The van der Waals surface area contributed by atoms with E-state index in [-0.39, 0.29) is 5.97 Å². The Morgan fingerprint density at radius 1 is 1.53 bits per heavy atom. The van der Waals surface area contributed by atoms with Gasteiger partial charge in [0.1, 0.15) is 0 Å². The highest BCUT2D eigenvalue weighted by molar-refractivity contribution is 5.91. The quantitative estimate of drug-likeness (QED) is 0.611. The summed E-state index contributed by atoms with van der Waals surface area (Å²) in [5.41, 5.74) is 7.96. The molecule has 3 N–H and O–H groups in total. The summed E-state index contributed by atoms with van der Waals surface area (Å²) in [6.07, 6.45) is 3.88. The molecule has 1 aromatic rings. The fourth-order valence-corrected chi connectivity index (χ4v) is 2.21. The van der Waals surface area contributed by atoms with Crippen LogP contribution in [0.3, 0.4) is 0 Å². The molecule has 0 spiro atoms. The van der Waals surface area contributed by atoms with Crippen molar-refractivity contribution < 1.29 is 9.53 Å². The van der Waals surface area contributed by atoms with Gasteiger partial charge in [-0.15, -0.1) is 0 Å². The molecule has 2 rings (SSSR count). The van der Waals surface area contributed by atoms with Crippen molar-refractivity contribution in [3.8, 4) is 0 Å². The average Bonchev–Trinajstić information content (AvgIpc) is 3.16. The van der Waals surface area contributed by atoms with Gasteiger partial charge >= 0.3 is 5.97 Å². The van der Waals surface area contributed by atoms with Crippen molar-refractivity contribution in [3.63, 3.8) is 0 Å². The minimum Gasteiger partial charge on any atom is -0.462 e. The van der Waals surface area contributed by atoms with Crippen LogP contribution in [0.4, 0.5) is 11.4 Å². The maximum absolute atomic E-state index is 11.6. The lowest BCUT2D eigenvalue weighted by Crippen LogP contribution is -2.17. The first-order valence-corrected chi connectivity index (χ1v) is 6.93. The van der Waals surface area contributed by atoms with Crippen molar-refractivity contribution in [1.29, 1.82) is 0 Å². The van der Waals surface area contributed by atoms with Crippen LogP contribution in [0.15, 0.2) is 18.2 Å². The molecule has 1 fully saturated rings. The van der Waals surface area contributed by atoms with Crippen LogP contribution in [-0.4, -0.2) is 18.6 Å². The van der Waals surface area contributed by atoms with Gasteiger partial charge in [0.15, 0.2) is 0 Å². The minimum absolute atomic E-state index is 0.327. The van der Waals surface area contributed by atoms with Gasteiger partial charge in [0, 0.05) is 6.04 Å². The van der Waals surface area contributed by atoms with Crippen molar-refractivity contribution in [3.05, 3.63) is 23.8 Å². The van der Waals surface area contributed by atoms with Crippen LogP contribution < -0.4 is 11.1 Å². The molecule has 1 aromatic carbocycles. The Labute approximate surface area is 114 Å². The van der Waals surface area contributed by atoms with Crippen molar-refractivity contribution in [2.24, 2.45) is 5.92 Å². The molecule has 0 amide bonds. The van der Waals surface area contributed by atoms with Gasteiger partial charge < -0.3 is 15.8 Å². The molecule has 1 unspecified atom stereocenters. The molecule has 1 aliphatic rings. The Morgan fingerprint density at radius 3 is 2.84 bits per heavy atom. The molecule has 0 heterocycles. The Morgan fingerprint density at radius 2 is 2.26 bits per heavy atom. The fourth-order valence-electron chi connectivity index (χ4n) is 2.21. The molecule has 0 saturated heterocycles. The van der Waals surface area contributed by atoms with Gasteiger partial charge in [-0.3, -0.25) is 0 Å². The maximum Gasteiger partial charge on any atom is 0.338 e. The maximum atomic E-state index is 11.6. The molecular weight excluding hydrogens is 240 g/mol. The lowest BCUT2D eigenvalue weighted by Gasteiger charge is -2.17. The zero-order chi connectivity index (χ0) is 13.8. The standard InChI is InChI=1S/C15H22N2O2/c1-3-19-15(18)12-6-7-14(13(16)9-12)17-10(2)8-11-4-5-11/h6-7,9-11,17H,3-5,8,16H2,1-2H3. The highest BCUT2D eigenvalue weighted by atomic mass is 16.5. The van der Waals surface area contributed by atoms with E-state index in [1.54, 1.807) is 19.1 Å². The molecular formula is C15H22N2O2. The fraction of sp³-hybridized carbons (Fsp3) is 0.533. The van der Waals surface area contributed by atoms with E-state index >= 15 is 0 Å². The molecule has 1 aliphatic carbocycles. The molecule has 104 valence electrons. The average molecular weight is 262 g/mol. The SMILES string of the molecule is CCOC(=O)c1ccc(NC(C)CC2CC2)c(N)c1. The number of esters is 1. The third-order valence-electron chi connectivity index (χ3n) is 3.35. The minimum atomic E-state index is -0.327. The smallest absolute Gasteiger partial charge is 0.338 e. The number of carbonyl (C=O) groups excluding carboxylic acids is 1. The number of benzene rings is 1. The van der Waals surface area contributed by atoms with E-state index < -0.39 is 0 Å². The first-order valence-electron chi connectivity index (χ1n) is 6.93. The molecule has 0 aliphatic heterocycles. The first kappa shape index (κ1) is 13.7. The number of hydrogen-bond donors (Lipinski definition) is 2. The molecule has 0 bridgehead atoms. The second-order valence-corrected chi connectivity index (χ2v) is 5.25. The third kappa shape index (κ3) is 3.88. The third-order valence-corrected chi connectivity index (χ3v) is 3.35. The van der Waals surface area contributed by atoms with Crippen molar-refractivity contribution in [1.82, 2.24) is 0 Å². The predicted octanol–water partition coefficient (Wildman–Crippen LogP) is 3.05. The zero-order valence-electron chi connectivity index (χ0n) is 11.6. The predicted molar refractivity (Wildman–Crippen MR) is 77.2 cm³/mol. The largest absolute Gasteiger partial charge is 0.462 e. The number of nitrogen functional groups attached to an aromatic ring is 1. The van der Waals surface area contributed by atoms with E-state index in [4.69, 9.17) is 10.5 Å². The number of carbonyl (C=O) groups is 1. The van der Waals surface area contributed by atoms with Crippen LogP contribution in [0.1, 0.15) is 43.5 Å². The van der Waals surface area contributed by atoms with E-state index in [2.05, 4.69) is 12.2 Å². The normalized spacial score (nSPS) is 15.9. The highest BCUT2D eigenvalue weighted by Crippen LogP contribution is 2.34. The van der Waals surface area contributed by atoms with Crippen molar-refractivity contribution in [2.45, 2.75) is 39.2 Å². The van der Waals surface area contributed by atoms with E-state index in [1.165, 1.54) is 19.3 Å². The Bertz CT molecular complexity index is 455. The van der Waals surface area contributed by atoms with E-state index in [9.17, 15) is 4.79 Å². The highest BCUT2D eigenvalue weighted by Gasteiger charge is 2.23. The second kappa shape index (κ2) is 5.95. The van der Waals surface area contributed by atoms with Gasteiger partial charge in [-0.2, -0.15) is 0 Å². The van der Waals surface area contributed by atoms with Gasteiger partial charge in [-0.25, -0.2) is 4.79 Å². The van der Waals surface area contributed by atoms with Gasteiger partial charge in [0.05, 0.1) is 23.5 Å². The van der Waals surface area contributed by atoms with Gasteiger partial charge in [0.2, 0.25) is 0 Å². The lowest BCUT2D eigenvalue weighted by atomic mass is 10.1. The first-order chi connectivity index (χ1) is 9.10. The van der Waals surface area contributed by atoms with Crippen LogP contribution in [0.2, 0.25) is 0 Å². The number of anilines is 2. The molecule has 0 radical (unpaired) electrons. The topological polar surface area (TPSA) is 64.3 Å². The summed E-state index contributed by atoms with van der Waals surface area (Å²) in [4.78, 5) is 11.6. The van der Waals surface area contributed by atoms with E-state index in [0.29, 0.717) is 23.9 Å². The lowest BCUT2D eigenvalue weighted by molar-refractivity contribution is 0.0526. The Kier molecular flexibility index (Phi) is 4.30. The summed E-state index contributed by atoms with van der Waals surface area (Å²) in [7, 11) is 0. The van der Waals surface area contributed by atoms with Crippen molar-refractivity contribution >= 4 is 17.3 Å². The number of ether oxygens (including phenoxy) is 1. The molecule has 1 atom stereocenters. The van der Waals surface area contributed by atoms with Crippen molar-refractivity contribution in [2.75, 3.05) is 17.7 Å². The van der Waals surface area contributed by atoms with Crippen LogP contribution in [0.5, 0.6) is 0 Å². The number of rotatable bonds is 6. The molecule has 4 nitrogen and oxygen atoms in total. The number of hydrogen-bond acceptors (Lipinski definition) is 4. The second-order valence-electron chi connectivity index (χ2n) is 5.25.